The van der Waals surface area contributed by atoms with Crippen molar-refractivity contribution >= 4 is 27.6 Å². The Balaban J connectivity index is 2.09. The van der Waals surface area contributed by atoms with Gasteiger partial charge in [-0.15, -0.1) is 0 Å². The molecule has 104 valence electrons. The van der Waals surface area contributed by atoms with E-state index in [1.807, 2.05) is 36.4 Å². The first-order valence-corrected chi connectivity index (χ1v) is 6.87. The van der Waals surface area contributed by atoms with Gasteiger partial charge in [0.1, 0.15) is 18.0 Å². The van der Waals surface area contributed by atoms with Gasteiger partial charge < -0.3 is 15.3 Å². The Bertz CT molecular complexity index is 895. The summed E-state index contributed by atoms with van der Waals surface area (Å²) in [5.41, 5.74) is 1.39. The van der Waals surface area contributed by atoms with Crippen molar-refractivity contribution in [2.75, 3.05) is 0 Å². The summed E-state index contributed by atoms with van der Waals surface area (Å²) < 4.78 is 0. The molecule has 0 aromatic heterocycles. The molecule has 0 aliphatic heterocycles. The third-order valence-electron chi connectivity index (χ3n) is 4.17. The highest BCUT2D eigenvalue weighted by Crippen LogP contribution is 2.36. The summed E-state index contributed by atoms with van der Waals surface area (Å²) in [6.07, 6.45) is -0.829. The van der Waals surface area contributed by atoms with Crippen molar-refractivity contribution in [2.45, 2.75) is 12.2 Å². The molecule has 0 radical (unpaired) electrons. The van der Waals surface area contributed by atoms with Crippen LogP contribution in [0.4, 0.5) is 0 Å². The average molecular weight is 278 g/mol. The molecule has 3 N–H and O–H groups in total. The van der Waals surface area contributed by atoms with E-state index in [2.05, 4.69) is 12.1 Å². The standard InChI is InChI=1S/C18H14O3/c19-16-9-12-8-14-11(7-15(12)17(20)18(16)21)6-5-10-3-1-2-4-13(10)14/h1-9,17-21H. The monoisotopic (exact) mass is 278 g/mol. The lowest BCUT2D eigenvalue weighted by Gasteiger charge is -2.25. The summed E-state index contributed by atoms with van der Waals surface area (Å²) in [6, 6.07) is 16.0. The maximum Gasteiger partial charge on any atom is 0.141 e. The normalized spacial score (nSPS) is 21.3. The highest BCUT2D eigenvalue weighted by Gasteiger charge is 2.28. The Morgan fingerprint density at radius 3 is 2.38 bits per heavy atom. The SMILES string of the molecule is OC1=Cc2cc3c(ccc4ccccc43)cc2C(O)C1O. The Labute approximate surface area is 121 Å². The van der Waals surface area contributed by atoms with Gasteiger partial charge in [-0.1, -0.05) is 36.4 Å². The molecular weight excluding hydrogens is 264 g/mol. The molecule has 0 saturated carbocycles. The second-order valence-corrected chi connectivity index (χ2v) is 5.45. The lowest BCUT2D eigenvalue weighted by molar-refractivity contribution is 0.0160. The van der Waals surface area contributed by atoms with Crippen molar-refractivity contribution in [3.05, 3.63) is 65.4 Å². The minimum Gasteiger partial charge on any atom is -0.509 e. The van der Waals surface area contributed by atoms with Crippen LogP contribution in [0, 0.1) is 0 Å². The van der Waals surface area contributed by atoms with Crippen LogP contribution in [0.2, 0.25) is 0 Å². The van der Waals surface area contributed by atoms with Crippen molar-refractivity contribution < 1.29 is 15.3 Å². The molecule has 0 fully saturated rings. The lowest BCUT2D eigenvalue weighted by atomic mass is 9.88. The van der Waals surface area contributed by atoms with Gasteiger partial charge in [-0.3, -0.25) is 0 Å². The Hall–Kier alpha value is -2.36. The van der Waals surface area contributed by atoms with Crippen LogP contribution in [0.1, 0.15) is 17.2 Å². The molecule has 3 aromatic rings. The van der Waals surface area contributed by atoms with Gasteiger partial charge >= 0.3 is 0 Å². The molecular formula is C18H14O3. The van der Waals surface area contributed by atoms with Crippen LogP contribution in [0.5, 0.6) is 0 Å². The van der Waals surface area contributed by atoms with E-state index in [0.717, 1.165) is 27.1 Å². The van der Waals surface area contributed by atoms with Crippen LogP contribution in [-0.4, -0.2) is 21.4 Å². The maximum absolute atomic E-state index is 10.1. The molecule has 0 saturated heterocycles. The van der Waals surface area contributed by atoms with E-state index in [1.54, 1.807) is 0 Å². The topological polar surface area (TPSA) is 60.7 Å². The van der Waals surface area contributed by atoms with Crippen LogP contribution >= 0.6 is 0 Å². The average Bonchev–Trinajstić information content (AvgIpc) is 2.51. The third-order valence-corrected chi connectivity index (χ3v) is 4.17. The summed E-state index contributed by atoms with van der Waals surface area (Å²) in [5.74, 6) is -0.199. The number of hydrogen-bond acceptors (Lipinski definition) is 3. The van der Waals surface area contributed by atoms with Gasteiger partial charge in [-0.2, -0.15) is 0 Å². The molecule has 3 nitrogen and oxygen atoms in total. The fourth-order valence-electron chi connectivity index (χ4n) is 3.05. The van der Waals surface area contributed by atoms with Gasteiger partial charge in [0, 0.05) is 0 Å². The first kappa shape index (κ1) is 12.4. The van der Waals surface area contributed by atoms with Crippen LogP contribution in [0.15, 0.2) is 54.3 Å². The van der Waals surface area contributed by atoms with Crippen molar-refractivity contribution in [2.24, 2.45) is 0 Å². The number of aliphatic hydroxyl groups excluding tert-OH is 3. The van der Waals surface area contributed by atoms with Gasteiger partial charge in [0.15, 0.2) is 0 Å². The zero-order valence-electron chi connectivity index (χ0n) is 11.2. The van der Waals surface area contributed by atoms with Gasteiger partial charge in [-0.25, -0.2) is 0 Å². The van der Waals surface area contributed by atoms with Crippen molar-refractivity contribution in [3.8, 4) is 0 Å². The number of fused-ring (bicyclic) bond motifs is 4. The second-order valence-electron chi connectivity index (χ2n) is 5.45. The van der Waals surface area contributed by atoms with Crippen LogP contribution in [0.3, 0.4) is 0 Å². The molecule has 0 spiro atoms. The van der Waals surface area contributed by atoms with E-state index >= 15 is 0 Å². The Kier molecular flexibility index (Phi) is 2.55. The molecule has 0 bridgehead atoms. The zero-order chi connectivity index (χ0) is 14.6. The molecule has 3 aromatic carbocycles. The smallest absolute Gasteiger partial charge is 0.141 e. The zero-order valence-corrected chi connectivity index (χ0v) is 11.2. The molecule has 0 heterocycles. The van der Waals surface area contributed by atoms with Gasteiger partial charge in [-0.05, 0) is 50.9 Å². The molecule has 21 heavy (non-hydrogen) atoms. The van der Waals surface area contributed by atoms with Gasteiger partial charge in [0.2, 0.25) is 0 Å². The Morgan fingerprint density at radius 1 is 0.762 bits per heavy atom. The van der Waals surface area contributed by atoms with E-state index in [1.165, 1.54) is 6.08 Å². The predicted molar refractivity (Wildman–Crippen MR) is 83.0 cm³/mol. The highest BCUT2D eigenvalue weighted by molar-refractivity contribution is 6.08. The third kappa shape index (κ3) is 1.75. The molecule has 4 rings (SSSR count). The highest BCUT2D eigenvalue weighted by atomic mass is 16.4. The molecule has 1 aliphatic rings. The predicted octanol–water partition coefficient (Wildman–Crippen LogP) is 3.30. The lowest BCUT2D eigenvalue weighted by Crippen LogP contribution is -2.24. The van der Waals surface area contributed by atoms with E-state index in [9.17, 15) is 15.3 Å². The van der Waals surface area contributed by atoms with Crippen LogP contribution < -0.4 is 0 Å². The largest absolute Gasteiger partial charge is 0.509 e. The van der Waals surface area contributed by atoms with E-state index in [0.29, 0.717) is 5.56 Å². The number of rotatable bonds is 0. The van der Waals surface area contributed by atoms with Crippen LogP contribution in [-0.2, 0) is 0 Å². The van der Waals surface area contributed by atoms with Crippen molar-refractivity contribution in [1.82, 2.24) is 0 Å². The minimum atomic E-state index is -1.25. The first-order valence-electron chi connectivity index (χ1n) is 6.87. The number of benzene rings is 3. The molecule has 0 amide bonds. The molecule has 2 unspecified atom stereocenters. The summed E-state index contributed by atoms with van der Waals surface area (Å²) in [6.45, 7) is 0. The maximum atomic E-state index is 10.1. The fourth-order valence-corrected chi connectivity index (χ4v) is 3.05. The van der Waals surface area contributed by atoms with Crippen molar-refractivity contribution in [1.29, 1.82) is 0 Å². The summed E-state index contributed by atoms with van der Waals surface area (Å²) in [4.78, 5) is 0. The van der Waals surface area contributed by atoms with E-state index in [4.69, 9.17) is 0 Å². The minimum absolute atomic E-state index is 0.199. The fraction of sp³-hybridized carbons (Fsp3) is 0.111. The quantitative estimate of drug-likeness (QED) is 0.553. The van der Waals surface area contributed by atoms with E-state index in [-0.39, 0.29) is 5.76 Å². The first-order chi connectivity index (χ1) is 10.1. The molecule has 3 heteroatoms. The second kappa shape index (κ2) is 4.32. The summed E-state index contributed by atoms with van der Waals surface area (Å²) in [5, 5.41) is 34.0. The van der Waals surface area contributed by atoms with Gasteiger partial charge in [0.25, 0.3) is 0 Å². The molecule has 2 atom stereocenters. The summed E-state index contributed by atoms with van der Waals surface area (Å²) in [7, 11) is 0. The Morgan fingerprint density at radius 2 is 1.52 bits per heavy atom. The van der Waals surface area contributed by atoms with Gasteiger partial charge in [0.05, 0.1) is 0 Å². The number of hydrogen-bond donors (Lipinski definition) is 3. The number of aliphatic hydroxyl groups is 3. The molecule has 1 aliphatic carbocycles. The summed E-state index contributed by atoms with van der Waals surface area (Å²) >= 11 is 0. The van der Waals surface area contributed by atoms with E-state index < -0.39 is 12.2 Å². The van der Waals surface area contributed by atoms with Crippen LogP contribution in [0.25, 0.3) is 27.6 Å². The van der Waals surface area contributed by atoms with Crippen molar-refractivity contribution in [3.63, 3.8) is 0 Å².